The number of ether oxygens (including phenoxy) is 1. The lowest BCUT2D eigenvalue weighted by Crippen LogP contribution is -2.50. The second-order valence-corrected chi connectivity index (χ2v) is 4.83. The SMILES string of the molecule is CC1(NC(=O)Cn2cc(C(=O)O)nn2)CCOCC1. The molecule has 0 bridgehead atoms. The van der Waals surface area contributed by atoms with Gasteiger partial charge in [0.15, 0.2) is 5.69 Å². The van der Waals surface area contributed by atoms with E-state index in [2.05, 4.69) is 15.6 Å². The van der Waals surface area contributed by atoms with Gasteiger partial charge in [-0.1, -0.05) is 5.21 Å². The molecule has 0 spiro atoms. The van der Waals surface area contributed by atoms with Crippen molar-refractivity contribution < 1.29 is 19.4 Å². The number of nitrogens with one attached hydrogen (secondary N) is 1. The quantitative estimate of drug-likeness (QED) is 0.774. The highest BCUT2D eigenvalue weighted by Crippen LogP contribution is 2.19. The number of rotatable bonds is 4. The maximum absolute atomic E-state index is 11.9. The molecule has 1 aromatic rings. The molecular weight excluding hydrogens is 252 g/mol. The molecule has 1 fully saturated rings. The van der Waals surface area contributed by atoms with Gasteiger partial charge >= 0.3 is 5.97 Å². The first-order valence-corrected chi connectivity index (χ1v) is 6.01. The van der Waals surface area contributed by atoms with Gasteiger partial charge in [-0.2, -0.15) is 0 Å². The minimum Gasteiger partial charge on any atom is -0.476 e. The molecule has 0 radical (unpaired) electrons. The van der Waals surface area contributed by atoms with Crippen molar-refractivity contribution >= 4 is 11.9 Å². The van der Waals surface area contributed by atoms with Crippen molar-refractivity contribution in [3.8, 4) is 0 Å². The zero-order chi connectivity index (χ0) is 13.9. The van der Waals surface area contributed by atoms with Gasteiger partial charge in [0.2, 0.25) is 5.91 Å². The Balaban J connectivity index is 1.91. The molecule has 0 unspecified atom stereocenters. The number of hydrogen-bond acceptors (Lipinski definition) is 5. The standard InChI is InChI=1S/C11H16N4O4/c1-11(2-4-19-5-3-11)12-9(16)7-15-6-8(10(17)18)13-14-15/h6H,2-5,7H2,1H3,(H,12,16)(H,17,18). The van der Waals surface area contributed by atoms with Crippen LogP contribution in [0, 0.1) is 0 Å². The van der Waals surface area contributed by atoms with Crippen LogP contribution in [-0.2, 0) is 16.1 Å². The van der Waals surface area contributed by atoms with E-state index in [9.17, 15) is 9.59 Å². The number of aromatic carboxylic acids is 1. The number of carbonyl (C=O) groups excluding carboxylic acids is 1. The van der Waals surface area contributed by atoms with E-state index in [1.165, 1.54) is 10.9 Å². The van der Waals surface area contributed by atoms with E-state index < -0.39 is 5.97 Å². The highest BCUT2D eigenvalue weighted by molar-refractivity contribution is 5.84. The van der Waals surface area contributed by atoms with Gasteiger partial charge in [0.25, 0.3) is 0 Å². The third-order valence-electron chi connectivity index (χ3n) is 3.10. The highest BCUT2D eigenvalue weighted by atomic mass is 16.5. The summed E-state index contributed by atoms with van der Waals surface area (Å²) >= 11 is 0. The van der Waals surface area contributed by atoms with E-state index in [0.29, 0.717) is 13.2 Å². The Morgan fingerprint density at radius 3 is 2.79 bits per heavy atom. The minimum atomic E-state index is -1.16. The van der Waals surface area contributed by atoms with Crippen molar-refractivity contribution in [2.75, 3.05) is 13.2 Å². The van der Waals surface area contributed by atoms with Gasteiger partial charge in [-0.3, -0.25) is 4.79 Å². The molecule has 1 aliphatic heterocycles. The first-order valence-electron chi connectivity index (χ1n) is 6.01. The third kappa shape index (κ3) is 3.50. The Kier molecular flexibility index (Phi) is 3.79. The monoisotopic (exact) mass is 268 g/mol. The fourth-order valence-corrected chi connectivity index (χ4v) is 1.94. The topological polar surface area (TPSA) is 106 Å². The van der Waals surface area contributed by atoms with Gasteiger partial charge in [-0.05, 0) is 19.8 Å². The molecule has 0 aromatic carbocycles. The van der Waals surface area contributed by atoms with Crippen LogP contribution in [0.25, 0.3) is 0 Å². The number of amides is 1. The number of aromatic nitrogens is 3. The van der Waals surface area contributed by atoms with Crippen molar-refractivity contribution in [2.24, 2.45) is 0 Å². The van der Waals surface area contributed by atoms with Crippen LogP contribution in [0.1, 0.15) is 30.3 Å². The average Bonchev–Trinajstić information content (AvgIpc) is 2.77. The molecule has 1 aromatic heterocycles. The van der Waals surface area contributed by atoms with Crippen molar-refractivity contribution in [1.82, 2.24) is 20.3 Å². The molecule has 0 saturated carbocycles. The summed E-state index contributed by atoms with van der Waals surface area (Å²) in [5.74, 6) is -1.38. The third-order valence-corrected chi connectivity index (χ3v) is 3.10. The molecule has 2 N–H and O–H groups in total. The van der Waals surface area contributed by atoms with Crippen LogP contribution in [0.5, 0.6) is 0 Å². The molecule has 1 aliphatic rings. The summed E-state index contributed by atoms with van der Waals surface area (Å²) in [6.07, 6.45) is 2.75. The average molecular weight is 268 g/mol. The lowest BCUT2D eigenvalue weighted by Gasteiger charge is -2.34. The molecule has 1 saturated heterocycles. The molecule has 104 valence electrons. The largest absolute Gasteiger partial charge is 0.476 e. The lowest BCUT2D eigenvalue weighted by atomic mass is 9.92. The fourth-order valence-electron chi connectivity index (χ4n) is 1.94. The van der Waals surface area contributed by atoms with E-state index in [0.717, 1.165) is 12.8 Å². The first-order chi connectivity index (χ1) is 8.98. The zero-order valence-corrected chi connectivity index (χ0v) is 10.6. The molecule has 0 aliphatic carbocycles. The molecule has 1 amide bonds. The smallest absolute Gasteiger partial charge is 0.358 e. The maximum atomic E-state index is 11.9. The Labute approximate surface area is 109 Å². The second-order valence-electron chi connectivity index (χ2n) is 4.83. The molecule has 19 heavy (non-hydrogen) atoms. The summed E-state index contributed by atoms with van der Waals surface area (Å²) < 4.78 is 6.46. The Hall–Kier alpha value is -1.96. The van der Waals surface area contributed by atoms with E-state index in [1.807, 2.05) is 6.92 Å². The van der Waals surface area contributed by atoms with Crippen molar-refractivity contribution in [3.05, 3.63) is 11.9 Å². The number of carboxylic acid groups (broad SMARTS) is 1. The predicted octanol–water partition coefficient (Wildman–Crippen LogP) is -0.338. The van der Waals surface area contributed by atoms with Gasteiger partial charge in [-0.25, -0.2) is 9.48 Å². The number of carbonyl (C=O) groups is 2. The van der Waals surface area contributed by atoms with Gasteiger partial charge in [-0.15, -0.1) is 5.10 Å². The predicted molar refractivity (Wildman–Crippen MR) is 63.6 cm³/mol. The molecule has 8 heteroatoms. The number of hydrogen-bond donors (Lipinski definition) is 2. The van der Waals surface area contributed by atoms with Gasteiger partial charge in [0.1, 0.15) is 6.54 Å². The first kappa shape index (κ1) is 13.5. The normalized spacial score (nSPS) is 17.9. The van der Waals surface area contributed by atoms with E-state index in [1.54, 1.807) is 0 Å². The Morgan fingerprint density at radius 1 is 1.53 bits per heavy atom. The zero-order valence-electron chi connectivity index (χ0n) is 10.6. The molecule has 0 atom stereocenters. The fraction of sp³-hybridized carbons (Fsp3) is 0.636. The van der Waals surface area contributed by atoms with E-state index >= 15 is 0 Å². The number of carboxylic acids is 1. The number of nitrogens with zero attached hydrogens (tertiary/aromatic N) is 3. The minimum absolute atomic E-state index is 0.0449. The summed E-state index contributed by atoms with van der Waals surface area (Å²) in [5, 5.41) is 18.7. The van der Waals surface area contributed by atoms with Crippen molar-refractivity contribution in [2.45, 2.75) is 31.8 Å². The molecular formula is C11H16N4O4. The summed E-state index contributed by atoms with van der Waals surface area (Å²) in [6.45, 7) is 3.18. The van der Waals surface area contributed by atoms with Crippen molar-refractivity contribution in [3.63, 3.8) is 0 Å². The molecule has 8 nitrogen and oxygen atoms in total. The van der Waals surface area contributed by atoms with Gasteiger partial charge < -0.3 is 15.2 Å². The summed E-state index contributed by atoms with van der Waals surface area (Å²) in [5.41, 5.74) is -0.448. The van der Waals surface area contributed by atoms with E-state index in [-0.39, 0.29) is 23.7 Å². The van der Waals surface area contributed by atoms with Crippen LogP contribution in [-0.4, -0.2) is 50.7 Å². The maximum Gasteiger partial charge on any atom is 0.358 e. The highest BCUT2D eigenvalue weighted by Gasteiger charge is 2.29. The summed E-state index contributed by atoms with van der Waals surface area (Å²) in [7, 11) is 0. The van der Waals surface area contributed by atoms with Gasteiger partial charge in [0.05, 0.1) is 6.20 Å². The van der Waals surface area contributed by atoms with E-state index in [4.69, 9.17) is 9.84 Å². The second kappa shape index (κ2) is 5.35. The Morgan fingerprint density at radius 2 is 2.21 bits per heavy atom. The van der Waals surface area contributed by atoms with Crippen LogP contribution in [0.2, 0.25) is 0 Å². The summed E-state index contributed by atoms with van der Waals surface area (Å²) in [6, 6.07) is 0. The van der Waals surface area contributed by atoms with Crippen LogP contribution in [0.4, 0.5) is 0 Å². The van der Waals surface area contributed by atoms with Crippen molar-refractivity contribution in [1.29, 1.82) is 0 Å². The van der Waals surface area contributed by atoms with Gasteiger partial charge in [0, 0.05) is 18.8 Å². The van der Waals surface area contributed by atoms with Crippen LogP contribution < -0.4 is 5.32 Å². The molecule has 2 heterocycles. The van der Waals surface area contributed by atoms with Crippen LogP contribution >= 0.6 is 0 Å². The summed E-state index contributed by atoms with van der Waals surface area (Å²) in [4.78, 5) is 22.5. The van der Waals surface area contributed by atoms with Crippen LogP contribution in [0.3, 0.4) is 0 Å². The van der Waals surface area contributed by atoms with Crippen LogP contribution in [0.15, 0.2) is 6.20 Å². The lowest BCUT2D eigenvalue weighted by molar-refractivity contribution is -0.124. The molecule has 2 rings (SSSR count). The Bertz CT molecular complexity index is 479.